The van der Waals surface area contributed by atoms with Crippen LogP contribution in [0.2, 0.25) is 0 Å². The van der Waals surface area contributed by atoms with E-state index in [4.69, 9.17) is 4.74 Å². The highest BCUT2D eigenvalue weighted by molar-refractivity contribution is 7.90. The summed E-state index contributed by atoms with van der Waals surface area (Å²) in [6, 6.07) is 19.0. The van der Waals surface area contributed by atoms with Gasteiger partial charge in [0.15, 0.2) is 15.5 Å². The molecule has 0 N–H and O–H groups in total. The molecule has 0 amide bonds. The molecule has 0 radical (unpaired) electrons. The first-order valence-corrected chi connectivity index (χ1v) is 15.1. The van der Waals surface area contributed by atoms with Crippen LogP contribution in [0.1, 0.15) is 31.3 Å². The monoisotopic (exact) mass is 595 g/mol. The number of hydrogen-bond acceptors (Lipinski definition) is 6. The van der Waals surface area contributed by atoms with Gasteiger partial charge >= 0.3 is 6.18 Å². The summed E-state index contributed by atoms with van der Waals surface area (Å²) in [6.07, 6.45) is 0.967. The molecule has 0 aliphatic carbocycles. The van der Waals surface area contributed by atoms with Crippen LogP contribution in [0.5, 0.6) is 5.75 Å². The molecular weight excluding hydrogens is 567 g/mol. The zero-order chi connectivity index (χ0) is 30.1. The molecule has 5 aromatic rings. The molecule has 2 aromatic heterocycles. The standard InChI is InChI=1S/C30H28F3N5O3S/c1-4-5-15-41-24-12-9-21(10-13-24)28-18-34-36-38(28)27-17-23(22-7-6-8-25(16-22)42(3,39)40)11-14-26(27)37-19-29(30(31,32)33)35-20(37)2/h6-14,16-19H,4-5,15H2,1-3H3. The topological polar surface area (TPSA) is 91.9 Å². The Kier molecular flexibility index (Phi) is 7.91. The highest BCUT2D eigenvalue weighted by Crippen LogP contribution is 2.34. The summed E-state index contributed by atoms with van der Waals surface area (Å²) >= 11 is 0. The minimum absolute atomic E-state index is 0.130. The van der Waals surface area contributed by atoms with Gasteiger partial charge in [0.2, 0.25) is 0 Å². The lowest BCUT2D eigenvalue weighted by atomic mass is 10.0. The van der Waals surface area contributed by atoms with Gasteiger partial charge < -0.3 is 9.30 Å². The van der Waals surface area contributed by atoms with Crippen molar-refractivity contribution < 1.29 is 26.3 Å². The molecule has 0 aliphatic rings. The van der Waals surface area contributed by atoms with Crippen LogP contribution in [-0.4, -0.2) is 45.8 Å². The molecule has 0 bridgehead atoms. The lowest BCUT2D eigenvalue weighted by Crippen LogP contribution is -2.07. The minimum atomic E-state index is -4.62. The number of halogens is 3. The molecule has 0 fully saturated rings. The molecule has 218 valence electrons. The zero-order valence-corrected chi connectivity index (χ0v) is 23.9. The smallest absolute Gasteiger partial charge is 0.434 e. The van der Waals surface area contributed by atoms with Crippen LogP contribution < -0.4 is 4.74 Å². The summed E-state index contributed by atoms with van der Waals surface area (Å²) in [5, 5.41) is 8.40. The first-order valence-electron chi connectivity index (χ1n) is 13.2. The van der Waals surface area contributed by atoms with Crippen LogP contribution >= 0.6 is 0 Å². The van der Waals surface area contributed by atoms with E-state index in [-0.39, 0.29) is 10.7 Å². The van der Waals surface area contributed by atoms with Crippen LogP contribution in [0, 0.1) is 6.92 Å². The number of benzene rings is 3. The maximum Gasteiger partial charge on any atom is 0.434 e. The van der Waals surface area contributed by atoms with E-state index in [0.717, 1.165) is 30.9 Å². The van der Waals surface area contributed by atoms with Crippen molar-refractivity contribution >= 4 is 9.84 Å². The molecule has 0 atom stereocenters. The fraction of sp³-hybridized carbons (Fsp3) is 0.233. The molecule has 5 rings (SSSR count). The third-order valence-electron chi connectivity index (χ3n) is 6.70. The summed E-state index contributed by atoms with van der Waals surface area (Å²) in [6.45, 7) is 4.18. The number of nitrogens with zero attached hydrogens (tertiary/aromatic N) is 5. The Morgan fingerprint density at radius 2 is 1.64 bits per heavy atom. The number of aromatic nitrogens is 5. The summed E-state index contributed by atoms with van der Waals surface area (Å²) in [7, 11) is -3.47. The van der Waals surface area contributed by atoms with Crippen molar-refractivity contribution in [1.82, 2.24) is 24.5 Å². The van der Waals surface area contributed by atoms with Crippen LogP contribution in [0.3, 0.4) is 0 Å². The lowest BCUT2D eigenvalue weighted by molar-refractivity contribution is -0.141. The third kappa shape index (κ3) is 6.08. The first kappa shape index (κ1) is 29.1. The second-order valence-corrected chi connectivity index (χ2v) is 11.8. The number of sulfone groups is 1. The number of aryl methyl sites for hydroxylation is 1. The lowest BCUT2D eigenvalue weighted by Gasteiger charge is -2.16. The van der Waals surface area contributed by atoms with E-state index in [2.05, 4.69) is 22.2 Å². The Labute approximate surface area is 241 Å². The van der Waals surface area contributed by atoms with E-state index >= 15 is 0 Å². The van der Waals surface area contributed by atoms with Gasteiger partial charge in [-0.05, 0) is 73.0 Å². The fourth-order valence-electron chi connectivity index (χ4n) is 4.50. The maximum absolute atomic E-state index is 13.5. The molecule has 42 heavy (non-hydrogen) atoms. The number of alkyl halides is 3. The van der Waals surface area contributed by atoms with Crippen molar-refractivity contribution in [3.8, 4) is 39.5 Å². The molecular formula is C30H28F3N5O3S. The Balaban J connectivity index is 1.66. The summed E-state index contributed by atoms with van der Waals surface area (Å²) < 4.78 is 73.7. The van der Waals surface area contributed by atoms with Crippen LogP contribution in [0.25, 0.3) is 33.8 Å². The average molecular weight is 596 g/mol. The van der Waals surface area contributed by atoms with Gasteiger partial charge in [-0.15, -0.1) is 5.10 Å². The van der Waals surface area contributed by atoms with Gasteiger partial charge in [-0.3, -0.25) is 0 Å². The molecule has 0 spiro atoms. The van der Waals surface area contributed by atoms with E-state index in [9.17, 15) is 21.6 Å². The molecule has 0 saturated carbocycles. The van der Waals surface area contributed by atoms with Gasteiger partial charge in [0, 0.05) is 18.0 Å². The van der Waals surface area contributed by atoms with Crippen molar-refractivity contribution in [2.75, 3.05) is 12.9 Å². The largest absolute Gasteiger partial charge is 0.494 e. The van der Waals surface area contributed by atoms with Gasteiger partial charge in [-0.2, -0.15) is 13.2 Å². The van der Waals surface area contributed by atoms with Crippen molar-refractivity contribution in [2.24, 2.45) is 0 Å². The van der Waals surface area contributed by atoms with E-state index in [0.29, 0.717) is 40.6 Å². The molecule has 8 nitrogen and oxygen atoms in total. The Bertz CT molecular complexity index is 1830. The quantitative estimate of drug-likeness (QED) is 0.176. The highest BCUT2D eigenvalue weighted by atomic mass is 32.2. The van der Waals surface area contributed by atoms with Crippen molar-refractivity contribution in [3.05, 3.63) is 90.6 Å². The molecule has 2 heterocycles. The van der Waals surface area contributed by atoms with Gasteiger partial charge in [0.05, 0.1) is 34.8 Å². The highest BCUT2D eigenvalue weighted by Gasteiger charge is 2.34. The van der Waals surface area contributed by atoms with E-state index in [1.165, 1.54) is 17.6 Å². The second-order valence-electron chi connectivity index (χ2n) is 9.80. The van der Waals surface area contributed by atoms with Crippen LogP contribution in [0.15, 0.2) is 84.0 Å². The SMILES string of the molecule is CCCCOc1ccc(-c2cnnn2-c2cc(-c3cccc(S(C)(=O)=O)c3)ccc2-n2cc(C(F)(F)F)nc2C)cc1. The Hall–Kier alpha value is -4.45. The van der Waals surface area contributed by atoms with Gasteiger partial charge in [-0.25, -0.2) is 18.1 Å². The average Bonchev–Trinajstić information content (AvgIpc) is 3.60. The minimum Gasteiger partial charge on any atom is -0.494 e. The van der Waals surface area contributed by atoms with Crippen molar-refractivity contribution in [2.45, 2.75) is 37.8 Å². The van der Waals surface area contributed by atoms with E-state index in [1.807, 2.05) is 24.3 Å². The Morgan fingerprint density at radius 1 is 0.929 bits per heavy atom. The number of hydrogen-bond donors (Lipinski definition) is 0. The first-order chi connectivity index (χ1) is 20.0. The molecule has 0 aliphatic heterocycles. The van der Waals surface area contributed by atoms with Crippen molar-refractivity contribution in [1.29, 1.82) is 0 Å². The van der Waals surface area contributed by atoms with E-state index < -0.39 is 21.7 Å². The number of imidazole rings is 1. The third-order valence-corrected chi connectivity index (χ3v) is 7.81. The number of unbranched alkanes of at least 4 members (excludes halogenated alkanes) is 1. The van der Waals surface area contributed by atoms with Crippen LogP contribution in [0.4, 0.5) is 13.2 Å². The van der Waals surface area contributed by atoms with Crippen molar-refractivity contribution in [3.63, 3.8) is 0 Å². The summed E-state index contributed by atoms with van der Waals surface area (Å²) in [5.74, 6) is 0.846. The van der Waals surface area contributed by atoms with E-state index in [1.54, 1.807) is 47.3 Å². The van der Waals surface area contributed by atoms with Gasteiger partial charge in [-0.1, -0.05) is 36.8 Å². The second kappa shape index (κ2) is 11.4. The summed E-state index contributed by atoms with van der Waals surface area (Å²) in [4.78, 5) is 3.88. The zero-order valence-electron chi connectivity index (χ0n) is 23.1. The molecule has 0 unspecified atom stereocenters. The fourth-order valence-corrected chi connectivity index (χ4v) is 5.17. The normalized spacial score (nSPS) is 12.0. The predicted octanol–water partition coefficient (Wildman–Crippen LogP) is 6.70. The van der Waals surface area contributed by atoms with Crippen LogP contribution in [-0.2, 0) is 16.0 Å². The maximum atomic E-state index is 13.5. The van der Waals surface area contributed by atoms with Gasteiger partial charge in [0.1, 0.15) is 11.6 Å². The predicted molar refractivity (Wildman–Crippen MR) is 153 cm³/mol. The molecule has 3 aromatic carbocycles. The number of ether oxygens (including phenoxy) is 1. The molecule has 12 heteroatoms. The number of rotatable bonds is 9. The summed E-state index contributed by atoms with van der Waals surface area (Å²) in [5.41, 5.74) is 2.37. The van der Waals surface area contributed by atoms with Gasteiger partial charge in [0.25, 0.3) is 0 Å². The Morgan fingerprint density at radius 3 is 2.31 bits per heavy atom. The molecule has 0 saturated heterocycles.